The SMILES string of the molecule is CCC(CC#N)NCC(CC)(CC)CO. The van der Waals surface area contributed by atoms with Gasteiger partial charge in [0.2, 0.25) is 0 Å². The van der Waals surface area contributed by atoms with Crippen LogP contribution in [-0.4, -0.2) is 24.3 Å². The molecule has 0 heterocycles. The number of aliphatic hydroxyl groups excluding tert-OH is 1. The van der Waals surface area contributed by atoms with Crippen LogP contribution in [0.5, 0.6) is 0 Å². The van der Waals surface area contributed by atoms with Crippen molar-refractivity contribution in [2.45, 2.75) is 52.5 Å². The molecular formula is C12H24N2O. The van der Waals surface area contributed by atoms with Gasteiger partial charge in [-0.15, -0.1) is 0 Å². The number of nitrogens with zero attached hydrogens (tertiary/aromatic N) is 1. The van der Waals surface area contributed by atoms with Gasteiger partial charge in [0.15, 0.2) is 0 Å². The Bertz CT molecular complexity index is 186. The zero-order valence-electron chi connectivity index (χ0n) is 10.2. The second-order valence-electron chi connectivity index (χ2n) is 4.21. The van der Waals surface area contributed by atoms with Crippen LogP contribution in [0.15, 0.2) is 0 Å². The van der Waals surface area contributed by atoms with Crippen molar-refractivity contribution in [2.75, 3.05) is 13.2 Å². The Labute approximate surface area is 93.5 Å². The Kier molecular flexibility index (Phi) is 7.37. The standard InChI is InChI=1S/C12H24N2O/c1-4-11(7-8-13)14-9-12(5-2,6-3)10-15/h11,14-15H,4-7,9-10H2,1-3H3. The Hall–Kier alpha value is -0.590. The molecule has 15 heavy (non-hydrogen) atoms. The van der Waals surface area contributed by atoms with Crippen molar-refractivity contribution in [1.82, 2.24) is 5.32 Å². The van der Waals surface area contributed by atoms with Crippen molar-refractivity contribution in [3.63, 3.8) is 0 Å². The van der Waals surface area contributed by atoms with E-state index < -0.39 is 0 Å². The number of rotatable bonds is 8. The highest BCUT2D eigenvalue weighted by molar-refractivity contribution is 4.84. The van der Waals surface area contributed by atoms with Gasteiger partial charge >= 0.3 is 0 Å². The molecule has 0 saturated heterocycles. The first kappa shape index (κ1) is 14.4. The second-order valence-corrected chi connectivity index (χ2v) is 4.21. The minimum absolute atomic E-state index is 0.0110. The summed E-state index contributed by atoms with van der Waals surface area (Å²) in [6.07, 6.45) is 3.44. The van der Waals surface area contributed by atoms with Crippen molar-refractivity contribution in [1.29, 1.82) is 5.26 Å². The van der Waals surface area contributed by atoms with E-state index in [-0.39, 0.29) is 18.1 Å². The quantitative estimate of drug-likeness (QED) is 0.647. The highest BCUT2D eigenvalue weighted by Crippen LogP contribution is 2.24. The van der Waals surface area contributed by atoms with Crippen molar-refractivity contribution in [2.24, 2.45) is 5.41 Å². The fourth-order valence-electron chi connectivity index (χ4n) is 1.61. The van der Waals surface area contributed by atoms with Crippen LogP contribution in [0.25, 0.3) is 0 Å². The lowest BCUT2D eigenvalue weighted by molar-refractivity contribution is 0.109. The smallest absolute Gasteiger partial charge is 0.0638 e. The summed E-state index contributed by atoms with van der Waals surface area (Å²) in [5.41, 5.74) is -0.0110. The summed E-state index contributed by atoms with van der Waals surface area (Å²) in [6, 6.07) is 2.45. The number of nitrogens with one attached hydrogen (secondary N) is 1. The van der Waals surface area contributed by atoms with Crippen LogP contribution < -0.4 is 5.32 Å². The molecule has 0 aromatic rings. The first-order valence-corrected chi connectivity index (χ1v) is 5.89. The minimum atomic E-state index is -0.0110. The van der Waals surface area contributed by atoms with Crippen molar-refractivity contribution >= 4 is 0 Å². The maximum absolute atomic E-state index is 9.39. The third-order valence-corrected chi connectivity index (χ3v) is 3.43. The zero-order chi connectivity index (χ0) is 11.7. The minimum Gasteiger partial charge on any atom is -0.396 e. The maximum atomic E-state index is 9.39. The molecule has 0 amide bonds. The summed E-state index contributed by atoms with van der Waals surface area (Å²) in [7, 11) is 0. The summed E-state index contributed by atoms with van der Waals surface area (Å²) in [4.78, 5) is 0. The lowest BCUT2D eigenvalue weighted by Gasteiger charge is -2.31. The van der Waals surface area contributed by atoms with Crippen LogP contribution >= 0.6 is 0 Å². The third-order valence-electron chi connectivity index (χ3n) is 3.43. The van der Waals surface area contributed by atoms with E-state index in [2.05, 4.69) is 32.2 Å². The molecular weight excluding hydrogens is 188 g/mol. The summed E-state index contributed by atoms with van der Waals surface area (Å²) >= 11 is 0. The molecule has 0 aromatic heterocycles. The van der Waals surface area contributed by atoms with Gasteiger partial charge in [0.25, 0.3) is 0 Å². The van der Waals surface area contributed by atoms with Gasteiger partial charge in [0, 0.05) is 24.6 Å². The van der Waals surface area contributed by atoms with Gasteiger partial charge in [-0.1, -0.05) is 20.8 Å². The largest absolute Gasteiger partial charge is 0.396 e. The van der Waals surface area contributed by atoms with Gasteiger partial charge in [0.05, 0.1) is 12.5 Å². The monoisotopic (exact) mass is 212 g/mol. The van der Waals surface area contributed by atoms with Gasteiger partial charge < -0.3 is 10.4 Å². The first-order chi connectivity index (χ1) is 7.17. The maximum Gasteiger partial charge on any atom is 0.0638 e. The molecule has 3 heteroatoms. The van der Waals surface area contributed by atoms with E-state index in [4.69, 9.17) is 5.26 Å². The highest BCUT2D eigenvalue weighted by Gasteiger charge is 2.25. The van der Waals surface area contributed by atoms with Gasteiger partial charge in [-0.25, -0.2) is 0 Å². The van der Waals surface area contributed by atoms with E-state index >= 15 is 0 Å². The van der Waals surface area contributed by atoms with Crippen LogP contribution in [-0.2, 0) is 0 Å². The van der Waals surface area contributed by atoms with Gasteiger partial charge in [-0.05, 0) is 19.3 Å². The van der Waals surface area contributed by atoms with Crippen LogP contribution in [0.1, 0.15) is 46.5 Å². The average Bonchev–Trinajstić information content (AvgIpc) is 2.30. The Balaban J connectivity index is 4.14. The molecule has 0 radical (unpaired) electrons. The summed E-state index contributed by atoms with van der Waals surface area (Å²) < 4.78 is 0. The van der Waals surface area contributed by atoms with E-state index in [0.29, 0.717) is 6.42 Å². The van der Waals surface area contributed by atoms with Crippen molar-refractivity contribution < 1.29 is 5.11 Å². The third kappa shape index (κ3) is 4.63. The summed E-state index contributed by atoms with van der Waals surface area (Å²) in [5.74, 6) is 0. The molecule has 0 rings (SSSR count). The fraction of sp³-hybridized carbons (Fsp3) is 0.917. The molecule has 0 saturated carbocycles. The number of hydrogen-bond acceptors (Lipinski definition) is 3. The summed E-state index contributed by atoms with van der Waals surface area (Å²) in [6.45, 7) is 7.31. The second kappa shape index (κ2) is 7.67. The molecule has 0 spiro atoms. The van der Waals surface area contributed by atoms with Gasteiger partial charge in [-0.2, -0.15) is 5.26 Å². The molecule has 0 bridgehead atoms. The van der Waals surface area contributed by atoms with Gasteiger partial charge in [0.1, 0.15) is 0 Å². The predicted molar refractivity (Wildman–Crippen MR) is 62.4 cm³/mol. The number of aliphatic hydroxyl groups is 1. The molecule has 0 aromatic carbocycles. The molecule has 1 unspecified atom stereocenters. The Morgan fingerprint density at radius 1 is 1.33 bits per heavy atom. The molecule has 88 valence electrons. The highest BCUT2D eigenvalue weighted by atomic mass is 16.3. The molecule has 0 aliphatic carbocycles. The summed E-state index contributed by atoms with van der Waals surface area (Å²) in [5, 5.41) is 21.4. The van der Waals surface area contributed by atoms with Crippen LogP contribution in [0, 0.1) is 16.7 Å². The first-order valence-electron chi connectivity index (χ1n) is 5.89. The molecule has 0 fully saturated rings. The Morgan fingerprint density at radius 2 is 1.93 bits per heavy atom. The molecule has 3 nitrogen and oxygen atoms in total. The lowest BCUT2D eigenvalue weighted by atomic mass is 9.83. The predicted octanol–water partition coefficient (Wildman–Crippen LogP) is 2.07. The van der Waals surface area contributed by atoms with Crippen LogP contribution in [0.3, 0.4) is 0 Å². The van der Waals surface area contributed by atoms with E-state index in [9.17, 15) is 5.11 Å². The topological polar surface area (TPSA) is 56.0 Å². The molecule has 0 aliphatic heterocycles. The molecule has 0 aliphatic rings. The van der Waals surface area contributed by atoms with Crippen LogP contribution in [0.4, 0.5) is 0 Å². The average molecular weight is 212 g/mol. The van der Waals surface area contributed by atoms with Gasteiger partial charge in [-0.3, -0.25) is 0 Å². The molecule has 2 N–H and O–H groups in total. The van der Waals surface area contributed by atoms with Crippen molar-refractivity contribution in [3.8, 4) is 6.07 Å². The van der Waals surface area contributed by atoms with E-state index in [0.717, 1.165) is 25.8 Å². The normalized spacial score (nSPS) is 13.5. The van der Waals surface area contributed by atoms with Crippen molar-refractivity contribution in [3.05, 3.63) is 0 Å². The van der Waals surface area contributed by atoms with E-state index in [1.807, 2.05) is 0 Å². The fourth-order valence-corrected chi connectivity index (χ4v) is 1.61. The zero-order valence-corrected chi connectivity index (χ0v) is 10.2. The van der Waals surface area contributed by atoms with E-state index in [1.165, 1.54) is 0 Å². The van der Waals surface area contributed by atoms with Crippen LogP contribution in [0.2, 0.25) is 0 Å². The van der Waals surface area contributed by atoms with E-state index in [1.54, 1.807) is 0 Å². The number of nitriles is 1. The lowest BCUT2D eigenvalue weighted by Crippen LogP contribution is -2.41. The molecule has 1 atom stereocenters. The number of hydrogen-bond donors (Lipinski definition) is 2. The Morgan fingerprint density at radius 3 is 2.27 bits per heavy atom.